The van der Waals surface area contributed by atoms with Crippen LogP contribution in [0.25, 0.3) is 17.0 Å². The van der Waals surface area contributed by atoms with Crippen molar-refractivity contribution in [1.82, 2.24) is 0 Å². The van der Waals surface area contributed by atoms with E-state index in [4.69, 9.17) is 9.83 Å². The largest absolute Gasteiger partial charge is 0.506 e. The van der Waals surface area contributed by atoms with E-state index in [0.29, 0.717) is 16.7 Å². The summed E-state index contributed by atoms with van der Waals surface area (Å²) in [5.41, 5.74) is 1.30. The summed E-state index contributed by atoms with van der Waals surface area (Å²) in [6.07, 6.45) is 2.99. The smallest absolute Gasteiger partial charge is 0.347 e. The topological polar surface area (TPSA) is 77.5 Å². The fraction of sp³-hybridized carbons (Fsp3) is 0.280. The second-order valence-electron chi connectivity index (χ2n) is 7.93. The molecule has 0 saturated carbocycles. The van der Waals surface area contributed by atoms with Crippen LogP contribution in [0.5, 0.6) is 5.75 Å². The van der Waals surface area contributed by atoms with Gasteiger partial charge in [-0.05, 0) is 55.8 Å². The molecule has 0 spiro atoms. The molecule has 0 amide bonds. The number of thiol groups is 1. The molecular formula is C25H28N2O3S. The average Bonchev–Trinajstić information content (AvgIpc) is 2.74. The Labute approximate surface area is 187 Å². The standard InChI is InChI=1S/C25H28N2O3S/c1-5-27(6-2)17-10-11-19-21(15-17)30-24(29)20(23(19)28)12-13-22(26)25(3,4)16-8-7-9-18(31)14-16/h7-15,26,28,31H,5-6H2,1-4H3/b13-12+,26-22?. The highest BCUT2D eigenvalue weighted by molar-refractivity contribution is 7.80. The van der Waals surface area contributed by atoms with Crippen molar-refractivity contribution in [3.8, 4) is 5.75 Å². The summed E-state index contributed by atoms with van der Waals surface area (Å²) < 4.78 is 5.50. The molecule has 0 bridgehead atoms. The van der Waals surface area contributed by atoms with Gasteiger partial charge in [-0.25, -0.2) is 4.79 Å². The molecule has 2 aromatic carbocycles. The zero-order valence-corrected chi connectivity index (χ0v) is 19.2. The molecule has 0 unspecified atom stereocenters. The fourth-order valence-corrected chi connectivity index (χ4v) is 3.77. The average molecular weight is 437 g/mol. The van der Waals surface area contributed by atoms with Crippen molar-refractivity contribution < 1.29 is 9.52 Å². The van der Waals surface area contributed by atoms with Crippen LogP contribution in [-0.4, -0.2) is 23.9 Å². The number of hydrogen-bond donors (Lipinski definition) is 3. The number of aromatic hydroxyl groups is 1. The Balaban J connectivity index is 1.97. The van der Waals surface area contributed by atoms with Gasteiger partial charge in [0, 0.05) is 40.9 Å². The van der Waals surface area contributed by atoms with E-state index in [1.807, 2.05) is 44.2 Å². The molecule has 0 fully saturated rings. The van der Waals surface area contributed by atoms with Gasteiger partial charge in [0.15, 0.2) is 0 Å². The third-order valence-corrected chi connectivity index (χ3v) is 5.96. The number of anilines is 1. The van der Waals surface area contributed by atoms with E-state index in [1.165, 1.54) is 12.2 Å². The van der Waals surface area contributed by atoms with Crippen molar-refractivity contribution in [2.24, 2.45) is 0 Å². The minimum absolute atomic E-state index is 0.0339. The maximum atomic E-state index is 12.6. The highest BCUT2D eigenvalue weighted by Gasteiger charge is 2.25. The van der Waals surface area contributed by atoms with Crippen LogP contribution in [0.4, 0.5) is 5.69 Å². The lowest BCUT2D eigenvalue weighted by atomic mass is 9.80. The van der Waals surface area contributed by atoms with Crippen LogP contribution < -0.4 is 10.5 Å². The third-order valence-electron chi connectivity index (χ3n) is 5.68. The molecule has 5 nitrogen and oxygen atoms in total. The zero-order valence-electron chi connectivity index (χ0n) is 18.3. The molecule has 2 N–H and O–H groups in total. The van der Waals surface area contributed by atoms with Crippen LogP contribution in [0.3, 0.4) is 0 Å². The lowest BCUT2D eigenvalue weighted by Crippen LogP contribution is -2.26. The van der Waals surface area contributed by atoms with Gasteiger partial charge in [-0.15, -0.1) is 12.6 Å². The van der Waals surface area contributed by atoms with E-state index in [2.05, 4.69) is 31.4 Å². The molecule has 0 aliphatic heterocycles. The Morgan fingerprint density at radius 2 is 1.90 bits per heavy atom. The van der Waals surface area contributed by atoms with E-state index in [9.17, 15) is 9.90 Å². The quantitative estimate of drug-likeness (QED) is 0.254. The zero-order chi connectivity index (χ0) is 22.8. The molecule has 0 radical (unpaired) electrons. The summed E-state index contributed by atoms with van der Waals surface area (Å²) in [4.78, 5) is 15.5. The normalized spacial score (nSPS) is 11.9. The van der Waals surface area contributed by atoms with Gasteiger partial charge >= 0.3 is 5.63 Å². The predicted octanol–water partition coefficient (Wildman–Crippen LogP) is 5.64. The van der Waals surface area contributed by atoms with Crippen LogP contribution in [-0.2, 0) is 5.41 Å². The first-order valence-electron chi connectivity index (χ1n) is 10.3. The molecule has 31 heavy (non-hydrogen) atoms. The summed E-state index contributed by atoms with van der Waals surface area (Å²) >= 11 is 4.38. The highest BCUT2D eigenvalue weighted by Crippen LogP contribution is 2.31. The van der Waals surface area contributed by atoms with Crippen LogP contribution in [0.15, 0.2) is 62.6 Å². The SMILES string of the molecule is CCN(CC)c1ccc2c(O)c(/C=C/C(=N)C(C)(C)c3cccc(S)c3)c(=O)oc2c1. The Morgan fingerprint density at radius 3 is 2.55 bits per heavy atom. The predicted molar refractivity (Wildman–Crippen MR) is 131 cm³/mol. The van der Waals surface area contributed by atoms with E-state index in [-0.39, 0.29) is 11.3 Å². The van der Waals surface area contributed by atoms with Crippen LogP contribution in [0.1, 0.15) is 38.8 Å². The van der Waals surface area contributed by atoms with Gasteiger partial charge in [-0.1, -0.05) is 26.0 Å². The number of nitrogens with one attached hydrogen (secondary N) is 1. The molecule has 0 atom stereocenters. The molecule has 0 aliphatic rings. The molecule has 0 aliphatic carbocycles. The number of nitrogens with zero attached hydrogens (tertiary/aromatic N) is 1. The number of allylic oxidation sites excluding steroid dienone is 1. The summed E-state index contributed by atoms with van der Waals surface area (Å²) in [7, 11) is 0. The van der Waals surface area contributed by atoms with Crippen molar-refractivity contribution in [3.63, 3.8) is 0 Å². The first-order valence-corrected chi connectivity index (χ1v) is 10.7. The molecule has 162 valence electrons. The Kier molecular flexibility index (Phi) is 6.60. The van der Waals surface area contributed by atoms with E-state index < -0.39 is 11.0 Å². The summed E-state index contributed by atoms with van der Waals surface area (Å²) in [6.45, 7) is 9.62. The van der Waals surface area contributed by atoms with E-state index in [1.54, 1.807) is 12.1 Å². The van der Waals surface area contributed by atoms with Crippen molar-refractivity contribution in [3.05, 3.63) is 70.1 Å². The lowest BCUT2D eigenvalue weighted by Gasteiger charge is -2.25. The van der Waals surface area contributed by atoms with Gasteiger partial charge in [-0.2, -0.15) is 0 Å². The Bertz CT molecular complexity index is 1210. The van der Waals surface area contributed by atoms with Crippen molar-refractivity contribution >= 4 is 41.1 Å². The molecular weight excluding hydrogens is 408 g/mol. The van der Waals surface area contributed by atoms with Crippen molar-refractivity contribution in [2.75, 3.05) is 18.0 Å². The van der Waals surface area contributed by atoms with Crippen LogP contribution in [0, 0.1) is 5.41 Å². The number of fused-ring (bicyclic) bond motifs is 1. The Morgan fingerprint density at radius 1 is 1.19 bits per heavy atom. The van der Waals surface area contributed by atoms with Gasteiger partial charge < -0.3 is 19.8 Å². The van der Waals surface area contributed by atoms with Crippen LogP contribution >= 0.6 is 12.6 Å². The lowest BCUT2D eigenvalue weighted by molar-refractivity contribution is 0.466. The minimum Gasteiger partial charge on any atom is -0.506 e. The molecule has 1 heterocycles. The fourth-order valence-electron chi connectivity index (χ4n) is 3.55. The molecule has 0 saturated heterocycles. The summed E-state index contributed by atoms with van der Waals surface area (Å²) in [6, 6.07) is 13.1. The Hall–Kier alpha value is -2.99. The van der Waals surface area contributed by atoms with Gasteiger partial charge in [0.1, 0.15) is 16.9 Å². The maximum absolute atomic E-state index is 12.6. The molecule has 3 rings (SSSR count). The molecule has 3 aromatic rings. The van der Waals surface area contributed by atoms with Gasteiger partial charge in [0.05, 0.1) is 5.39 Å². The van der Waals surface area contributed by atoms with Gasteiger partial charge in [0.25, 0.3) is 0 Å². The van der Waals surface area contributed by atoms with Gasteiger partial charge in [-0.3, -0.25) is 0 Å². The van der Waals surface area contributed by atoms with E-state index in [0.717, 1.165) is 29.2 Å². The van der Waals surface area contributed by atoms with Crippen LogP contribution in [0.2, 0.25) is 0 Å². The number of benzene rings is 2. The monoisotopic (exact) mass is 436 g/mol. The number of hydrogen-bond acceptors (Lipinski definition) is 6. The minimum atomic E-state index is -0.638. The first-order chi connectivity index (χ1) is 14.7. The summed E-state index contributed by atoms with van der Waals surface area (Å²) in [5.74, 6) is -0.142. The maximum Gasteiger partial charge on any atom is 0.347 e. The van der Waals surface area contributed by atoms with Crippen molar-refractivity contribution in [2.45, 2.75) is 38.0 Å². The summed E-state index contributed by atoms with van der Waals surface area (Å²) in [5, 5.41) is 19.7. The molecule has 6 heteroatoms. The van der Waals surface area contributed by atoms with Gasteiger partial charge in [0.2, 0.25) is 0 Å². The second kappa shape index (κ2) is 9.02. The highest BCUT2D eigenvalue weighted by atomic mass is 32.1. The first kappa shape index (κ1) is 22.7. The second-order valence-corrected chi connectivity index (χ2v) is 8.44. The number of rotatable bonds is 7. The molecule has 1 aromatic heterocycles. The third kappa shape index (κ3) is 4.54. The van der Waals surface area contributed by atoms with Crippen molar-refractivity contribution in [1.29, 1.82) is 5.41 Å². The van der Waals surface area contributed by atoms with E-state index >= 15 is 0 Å².